The number of likely N-dealkylation sites (tertiary alicyclic amines) is 1. The number of carbonyl (C=O) groups is 4. The summed E-state index contributed by atoms with van der Waals surface area (Å²) < 4.78 is 10.6. The van der Waals surface area contributed by atoms with Gasteiger partial charge in [0.15, 0.2) is 0 Å². The van der Waals surface area contributed by atoms with Gasteiger partial charge in [-0.15, -0.1) is 0 Å². The lowest BCUT2D eigenvalue weighted by molar-refractivity contribution is -0.165. The second-order valence-corrected chi connectivity index (χ2v) is 11.2. The van der Waals surface area contributed by atoms with Gasteiger partial charge >= 0.3 is 5.97 Å². The summed E-state index contributed by atoms with van der Waals surface area (Å²) in [7, 11) is 0. The highest BCUT2D eigenvalue weighted by molar-refractivity contribution is 6.33. The molecule has 0 radical (unpaired) electrons. The van der Waals surface area contributed by atoms with Gasteiger partial charge in [0.05, 0.1) is 17.0 Å². The minimum absolute atomic E-state index is 0.0161. The van der Waals surface area contributed by atoms with Crippen molar-refractivity contribution >= 4 is 35.3 Å². The standard InChI is InChI=1S/C26H34ClN3O6/c1-5-35-25-18(13-19(31)36-25)28-23(33)20-14-10-11-15(12-14)30(20)24(34)21(26(2,3)4)29-22(32)16-8-6-7-9-17(16)27/h6-9,14-15,18,20-21,25H,5,10-13H2,1-4H3,(H,28,33)(H,29,32)/t14-,15?,18?,20?,21+,25-/m0/s1. The van der Waals surface area contributed by atoms with E-state index in [1.807, 2.05) is 20.8 Å². The lowest BCUT2D eigenvalue weighted by Gasteiger charge is -2.40. The SMILES string of the molecule is CCO[C@H]1OC(=O)CC1NC(=O)C1[C@H]2CCC(C2)N1C(=O)[C@@H](NC(=O)c1ccccc1Cl)C(C)(C)C. The van der Waals surface area contributed by atoms with E-state index in [0.29, 0.717) is 11.6 Å². The Morgan fingerprint density at radius 3 is 2.61 bits per heavy atom. The molecule has 9 nitrogen and oxygen atoms in total. The molecule has 36 heavy (non-hydrogen) atoms. The monoisotopic (exact) mass is 519 g/mol. The Morgan fingerprint density at radius 1 is 1.22 bits per heavy atom. The van der Waals surface area contributed by atoms with Crippen LogP contribution in [0.2, 0.25) is 5.02 Å². The second-order valence-electron chi connectivity index (χ2n) is 10.8. The first-order chi connectivity index (χ1) is 17.0. The average molecular weight is 520 g/mol. The number of piperidine rings is 1. The van der Waals surface area contributed by atoms with Gasteiger partial charge < -0.3 is 25.0 Å². The number of cyclic esters (lactones) is 1. The summed E-state index contributed by atoms with van der Waals surface area (Å²) in [5.41, 5.74) is -0.339. The van der Waals surface area contributed by atoms with E-state index in [1.165, 1.54) is 0 Å². The topological polar surface area (TPSA) is 114 Å². The highest BCUT2D eigenvalue weighted by Crippen LogP contribution is 2.44. The molecular formula is C26H34ClN3O6. The maximum absolute atomic E-state index is 14.0. The fourth-order valence-corrected chi connectivity index (χ4v) is 5.75. The molecule has 1 saturated carbocycles. The van der Waals surface area contributed by atoms with Crippen molar-refractivity contribution in [2.24, 2.45) is 11.3 Å². The molecule has 196 valence electrons. The number of esters is 1. The molecule has 1 aromatic rings. The molecular weight excluding hydrogens is 486 g/mol. The van der Waals surface area contributed by atoms with Crippen LogP contribution in [0, 0.1) is 11.3 Å². The zero-order valence-electron chi connectivity index (χ0n) is 21.1. The van der Waals surface area contributed by atoms with E-state index < -0.39 is 41.7 Å². The number of halogens is 1. The van der Waals surface area contributed by atoms with Crippen molar-refractivity contribution in [1.29, 1.82) is 0 Å². The molecule has 1 aromatic carbocycles. The summed E-state index contributed by atoms with van der Waals surface area (Å²) in [5.74, 6) is -1.48. The molecule has 1 aliphatic carbocycles. The van der Waals surface area contributed by atoms with Gasteiger partial charge in [-0.05, 0) is 49.7 Å². The van der Waals surface area contributed by atoms with Crippen molar-refractivity contribution in [2.45, 2.75) is 83.8 Å². The van der Waals surface area contributed by atoms with Crippen molar-refractivity contribution in [1.82, 2.24) is 15.5 Å². The Bertz CT molecular complexity index is 1040. The second kappa shape index (κ2) is 10.4. The zero-order chi connectivity index (χ0) is 26.2. The number of amides is 3. The lowest BCUT2D eigenvalue weighted by Crippen LogP contribution is -2.62. The fourth-order valence-electron chi connectivity index (χ4n) is 5.53. The van der Waals surface area contributed by atoms with Crippen molar-refractivity contribution in [3.05, 3.63) is 34.9 Å². The Balaban J connectivity index is 1.55. The number of carbonyl (C=O) groups excluding carboxylic acids is 4. The van der Waals surface area contributed by atoms with Crippen LogP contribution < -0.4 is 10.6 Å². The first-order valence-electron chi connectivity index (χ1n) is 12.5. The maximum Gasteiger partial charge on any atom is 0.310 e. The number of hydrogen-bond donors (Lipinski definition) is 2. The molecule has 2 aliphatic heterocycles. The number of nitrogens with one attached hydrogen (secondary N) is 2. The molecule has 3 unspecified atom stereocenters. The number of ether oxygens (including phenoxy) is 2. The number of rotatable bonds is 7. The van der Waals surface area contributed by atoms with Crippen molar-refractivity contribution in [2.75, 3.05) is 6.61 Å². The molecule has 2 heterocycles. The summed E-state index contributed by atoms with van der Waals surface area (Å²) in [6.45, 7) is 7.74. The van der Waals surface area contributed by atoms with Crippen molar-refractivity contribution in [3.8, 4) is 0 Å². The Kier molecular flexibility index (Phi) is 7.61. The van der Waals surface area contributed by atoms with Gasteiger partial charge in [0.25, 0.3) is 5.91 Å². The van der Waals surface area contributed by atoms with Gasteiger partial charge in [0.2, 0.25) is 18.1 Å². The number of benzene rings is 1. The molecule has 0 aromatic heterocycles. The minimum Gasteiger partial charge on any atom is -0.433 e. The van der Waals surface area contributed by atoms with Crippen LogP contribution in [0.1, 0.15) is 63.7 Å². The molecule has 3 aliphatic rings. The Morgan fingerprint density at radius 2 is 1.94 bits per heavy atom. The van der Waals surface area contributed by atoms with Gasteiger partial charge in [-0.25, -0.2) is 0 Å². The van der Waals surface area contributed by atoms with Gasteiger partial charge in [-0.3, -0.25) is 19.2 Å². The van der Waals surface area contributed by atoms with Crippen LogP contribution in [0.5, 0.6) is 0 Å². The molecule has 4 rings (SSSR count). The fraction of sp³-hybridized carbons (Fsp3) is 0.615. The molecule has 2 N–H and O–H groups in total. The van der Waals surface area contributed by atoms with Crippen LogP contribution in [0.4, 0.5) is 0 Å². The summed E-state index contributed by atoms with van der Waals surface area (Å²) in [6, 6.07) is 4.42. The van der Waals surface area contributed by atoms with E-state index in [0.717, 1.165) is 19.3 Å². The summed E-state index contributed by atoms with van der Waals surface area (Å²) >= 11 is 6.21. The number of nitrogens with zero attached hydrogens (tertiary/aromatic N) is 1. The molecule has 0 spiro atoms. The first-order valence-corrected chi connectivity index (χ1v) is 12.9. The first kappa shape index (κ1) is 26.4. The van der Waals surface area contributed by atoms with E-state index in [1.54, 1.807) is 36.1 Å². The van der Waals surface area contributed by atoms with Crippen LogP contribution in [0.3, 0.4) is 0 Å². The number of hydrogen-bond acceptors (Lipinski definition) is 6. The van der Waals surface area contributed by atoms with Crippen LogP contribution in [0.25, 0.3) is 0 Å². The van der Waals surface area contributed by atoms with Crippen LogP contribution in [-0.2, 0) is 23.9 Å². The van der Waals surface area contributed by atoms with Crippen molar-refractivity contribution < 1.29 is 28.7 Å². The third kappa shape index (κ3) is 5.22. The molecule has 10 heteroatoms. The minimum atomic E-state index is -0.872. The van der Waals surface area contributed by atoms with Gasteiger partial charge in [0.1, 0.15) is 18.1 Å². The highest BCUT2D eigenvalue weighted by atomic mass is 35.5. The van der Waals surface area contributed by atoms with Crippen LogP contribution in [-0.4, -0.2) is 65.7 Å². The summed E-state index contributed by atoms with van der Waals surface area (Å²) in [4.78, 5) is 54.0. The zero-order valence-corrected chi connectivity index (χ0v) is 21.8. The van der Waals surface area contributed by atoms with Gasteiger partial charge in [0, 0.05) is 12.6 Å². The highest BCUT2D eigenvalue weighted by Gasteiger charge is 2.54. The Labute approximate surface area is 216 Å². The Hall–Kier alpha value is -2.65. The van der Waals surface area contributed by atoms with E-state index in [9.17, 15) is 19.2 Å². The molecule has 2 bridgehead atoms. The lowest BCUT2D eigenvalue weighted by atomic mass is 9.84. The van der Waals surface area contributed by atoms with E-state index >= 15 is 0 Å². The third-order valence-electron chi connectivity index (χ3n) is 7.24. The third-order valence-corrected chi connectivity index (χ3v) is 7.57. The van der Waals surface area contributed by atoms with Gasteiger partial charge in [-0.2, -0.15) is 0 Å². The van der Waals surface area contributed by atoms with E-state index in [-0.39, 0.29) is 35.8 Å². The van der Waals surface area contributed by atoms with E-state index in [2.05, 4.69) is 10.6 Å². The quantitative estimate of drug-likeness (QED) is 0.535. The largest absolute Gasteiger partial charge is 0.433 e. The average Bonchev–Trinajstić information content (AvgIpc) is 3.51. The van der Waals surface area contributed by atoms with Gasteiger partial charge in [-0.1, -0.05) is 44.5 Å². The summed E-state index contributed by atoms with van der Waals surface area (Å²) in [6.07, 6.45) is 1.56. The predicted molar refractivity (Wildman–Crippen MR) is 132 cm³/mol. The molecule has 3 fully saturated rings. The predicted octanol–water partition coefficient (Wildman–Crippen LogP) is 2.66. The van der Waals surface area contributed by atoms with Crippen LogP contribution in [0.15, 0.2) is 24.3 Å². The van der Waals surface area contributed by atoms with Crippen LogP contribution >= 0.6 is 11.6 Å². The molecule has 3 amide bonds. The number of fused-ring (bicyclic) bond motifs is 2. The smallest absolute Gasteiger partial charge is 0.310 e. The van der Waals surface area contributed by atoms with E-state index in [4.69, 9.17) is 21.1 Å². The maximum atomic E-state index is 14.0. The molecule has 2 saturated heterocycles. The normalized spacial score (nSPS) is 28.1. The summed E-state index contributed by atoms with van der Waals surface area (Å²) in [5, 5.41) is 6.08. The van der Waals surface area contributed by atoms with Crippen molar-refractivity contribution in [3.63, 3.8) is 0 Å². The molecule has 6 atom stereocenters.